The van der Waals surface area contributed by atoms with Gasteiger partial charge in [0, 0.05) is 5.02 Å². The molecule has 3 rings (SSSR count). The Morgan fingerprint density at radius 1 is 1.04 bits per heavy atom. The summed E-state index contributed by atoms with van der Waals surface area (Å²) in [4.78, 5) is 12.6. The van der Waals surface area contributed by atoms with E-state index in [1.54, 1.807) is 6.92 Å². The normalized spacial score (nSPS) is 15.6. The van der Waals surface area contributed by atoms with Crippen LogP contribution in [0.15, 0.2) is 30.3 Å². The Morgan fingerprint density at radius 2 is 1.67 bits per heavy atom. The van der Waals surface area contributed by atoms with Crippen molar-refractivity contribution in [2.75, 3.05) is 0 Å². The highest BCUT2D eigenvalue weighted by Crippen LogP contribution is 2.27. The van der Waals surface area contributed by atoms with E-state index in [1.807, 2.05) is 32.9 Å². The standard InChI is InChI=1S/C23H28ClNO2/c1-14-11-21(12-15(2)22(14)24)27-17(4)23(26)25-16(3)19-10-9-18-7-5-6-8-20(18)13-19/h9-13,16-17H,5-8H2,1-4H3,(H,25,26)/t16-,17+/m1/s1. The first-order chi connectivity index (χ1) is 12.8. The Labute approximate surface area is 167 Å². The molecule has 27 heavy (non-hydrogen) atoms. The SMILES string of the molecule is Cc1cc(O[C@@H](C)C(=O)N[C@H](C)c2ccc3c(c2)CCCC3)cc(C)c1Cl. The number of carbonyl (C=O) groups excluding carboxylic acids is 1. The molecule has 0 aromatic heterocycles. The molecule has 0 fully saturated rings. The van der Waals surface area contributed by atoms with Crippen LogP contribution >= 0.6 is 11.6 Å². The summed E-state index contributed by atoms with van der Waals surface area (Å²) in [7, 11) is 0. The van der Waals surface area contributed by atoms with Gasteiger partial charge in [0.05, 0.1) is 6.04 Å². The summed E-state index contributed by atoms with van der Waals surface area (Å²) >= 11 is 6.20. The van der Waals surface area contributed by atoms with Gasteiger partial charge in [-0.15, -0.1) is 0 Å². The molecule has 3 nitrogen and oxygen atoms in total. The molecule has 0 radical (unpaired) electrons. The fraction of sp³-hybridized carbons (Fsp3) is 0.435. The molecule has 4 heteroatoms. The highest BCUT2D eigenvalue weighted by molar-refractivity contribution is 6.32. The van der Waals surface area contributed by atoms with Gasteiger partial charge in [-0.2, -0.15) is 0 Å². The average Bonchev–Trinajstić information content (AvgIpc) is 2.65. The first-order valence-electron chi connectivity index (χ1n) is 9.70. The Kier molecular flexibility index (Phi) is 6.11. The summed E-state index contributed by atoms with van der Waals surface area (Å²) in [5.41, 5.74) is 5.92. The van der Waals surface area contributed by atoms with Gasteiger partial charge in [0.2, 0.25) is 0 Å². The van der Waals surface area contributed by atoms with Crippen molar-refractivity contribution in [1.29, 1.82) is 0 Å². The summed E-state index contributed by atoms with van der Waals surface area (Å²) in [6.45, 7) is 7.66. The molecule has 0 heterocycles. The van der Waals surface area contributed by atoms with Crippen LogP contribution in [0.1, 0.15) is 60.5 Å². The lowest BCUT2D eigenvalue weighted by atomic mass is 9.89. The van der Waals surface area contributed by atoms with Crippen molar-refractivity contribution in [2.24, 2.45) is 0 Å². The van der Waals surface area contributed by atoms with Crippen molar-refractivity contribution in [3.8, 4) is 5.75 Å². The summed E-state index contributed by atoms with van der Waals surface area (Å²) in [5.74, 6) is 0.545. The number of ether oxygens (including phenoxy) is 1. The number of amides is 1. The zero-order valence-corrected chi connectivity index (χ0v) is 17.3. The topological polar surface area (TPSA) is 38.3 Å². The number of hydrogen-bond donors (Lipinski definition) is 1. The van der Waals surface area contributed by atoms with E-state index in [-0.39, 0.29) is 11.9 Å². The van der Waals surface area contributed by atoms with Crippen LogP contribution in [0, 0.1) is 13.8 Å². The Balaban J connectivity index is 1.64. The second kappa shape index (κ2) is 8.35. The van der Waals surface area contributed by atoms with Crippen molar-refractivity contribution in [2.45, 2.75) is 65.5 Å². The molecule has 1 aliphatic carbocycles. The van der Waals surface area contributed by atoms with Crippen LogP contribution in [0.25, 0.3) is 0 Å². The monoisotopic (exact) mass is 385 g/mol. The Morgan fingerprint density at radius 3 is 2.33 bits per heavy atom. The maximum Gasteiger partial charge on any atom is 0.261 e. The van der Waals surface area contributed by atoms with Crippen LogP contribution in [0.2, 0.25) is 5.02 Å². The van der Waals surface area contributed by atoms with Gasteiger partial charge in [-0.1, -0.05) is 29.8 Å². The second-order valence-electron chi connectivity index (χ2n) is 7.60. The number of aryl methyl sites for hydroxylation is 4. The molecule has 0 unspecified atom stereocenters. The first-order valence-corrected chi connectivity index (χ1v) is 10.1. The zero-order chi connectivity index (χ0) is 19.6. The van der Waals surface area contributed by atoms with Gasteiger partial charge >= 0.3 is 0 Å². The van der Waals surface area contributed by atoms with E-state index < -0.39 is 6.10 Å². The van der Waals surface area contributed by atoms with Gasteiger partial charge in [-0.3, -0.25) is 4.79 Å². The molecule has 0 saturated heterocycles. The van der Waals surface area contributed by atoms with Crippen molar-refractivity contribution < 1.29 is 9.53 Å². The number of fused-ring (bicyclic) bond motifs is 1. The molecule has 1 N–H and O–H groups in total. The molecule has 1 aliphatic rings. The predicted octanol–water partition coefficient (Wildman–Crippen LogP) is 5.48. The van der Waals surface area contributed by atoms with Gasteiger partial charge in [0.1, 0.15) is 5.75 Å². The molecular formula is C23H28ClNO2. The smallest absolute Gasteiger partial charge is 0.261 e. The largest absolute Gasteiger partial charge is 0.481 e. The van der Waals surface area contributed by atoms with Crippen molar-refractivity contribution in [1.82, 2.24) is 5.32 Å². The molecule has 2 aromatic carbocycles. The number of hydrogen-bond acceptors (Lipinski definition) is 2. The molecular weight excluding hydrogens is 358 g/mol. The highest BCUT2D eigenvalue weighted by Gasteiger charge is 2.19. The van der Waals surface area contributed by atoms with Crippen LogP contribution in [-0.2, 0) is 17.6 Å². The van der Waals surface area contributed by atoms with E-state index >= 15 is 0 Å². The number of benzene rings is 2. The van der Waals surface area contributed by atoms with Gasteiger partial charge in [0.25, 0.3) is 5.91 Å². The summed E-state index contributed by atoms with van der Waals surface area (Å²) < 4.78 is 5.85. The lowest BCUT2D eigenvalue weighted by molar-refractivity contribution is -0.127. The fourth-order valence-corrected chi connectivity index (χ4v) is 3.78. The minimum Gasteiger partial charge on any atom is -0.481 e. The van der Waals surface area contributed by atoms with Crippen molar-refractivity contribution in [3.05, 3.63) is 63.2 Å². The minimum atomic E-state index is -0.579. The van der Waals surface area contributed by atoms with E-state index in [1.165, 1.54) is 30.4 Å². The summed E-state index contributed by atoms with van der Waals surface area (Å²) in [5, 5.41) is 3.81. The predicted molar refractivity (Wildman–Crippen MR) is 111 cm³/mol. The van der Waals surface area contributed by atoms with E-state index in [4.69, 9.17) is 16.3 Å². The van der Waals surface area contributed by atoms with Crippen LogP contribution in [0.4, 0.5) is 0 Å². The van der Waals surface area contributed by atoms with Crippen LogP contribution in [0.3, 0.4) is 0 Å². The molecule has 0 saturated carbocycles. The first kappa shape index (κ1) is 19.8. The molecule has 0 bridgehead atoms. The Hall–Kier alpha value is -2.00. The van der Waals surface area contributed by atoms with Crippen LogP contribution in [-0.4, -0.2) is 12.0 Å². The van der Waals surface area contributed by atoms with Crippen LogP contribution in [0.5, 0.6) is 5.75 Å². The van der Waals surface area contributed by atoms with Gasteiger partial charge in [-0.25, -0.2) is 0 Å². The molecule has 2 aromatic rings. The lowest BCUT2D eigenvalue weighted by Gasteiger charge is -2.22. The third-order valence-electron chi connectivity index (χ3n) is 5.32. The number of halogens is 1. The maximum atomic E-state index is 12.6. The van der Waals surface area contributed by atoms with Gasteiger partial charge in [0.15, 0.2) is 6.10 Å². The highest BCUT2D eigenvalue weighted by atomic mass is 35.5. The second-order valence-corrected chi connectivity index (χ2v) is 7.97. The third kappa shape index (κ3) is 4.65. The molecule has 0 aliphatic heterocycles. The van der Waals surface area contributed by atoms with Crippen molar-refractivity contribution in [3.63, 3.8) is 0 Å². The fourth-order valence-electron chi connectivity index (χ4n) is 3.67. The average molecular weight is 386 g/mol. The number of carbonyl (C=O) groups is 1. The van der Waals surface area contributed by atoms with E-state index in [0.29, 0.717) is 5.75 Å². The molecule has 2 atom stereocenters. The number of rotatable bonds is 5. The lowest BCUT2D eigenvalue weighted by Crippen LogP contribution is -2.37. The van der Waals surface area contributed by atoms with Crippen molar-refractivity contribution >= 4 is 17.5 Å². The number of nitrogens with one attached hydrogen (secondary N) is 1. The van der Waals surface area contributed by atoms with E-state index in [2.05, 4.69) is 23.5 Å². The summed E-state index contributed by atoms with van der Waals surface area (Å²) in [6, 6.07) is 10.3. The quantitative estimate of drug-likeness (QED) is 0.739. The van der Waals surface area contributed by atoms with E-state index in [0.717, 1.165) is 28.1 Å². The third-order valence-corrected chi connectivity index (χ3v) is 5.92. The molecule has 1 amide bonds. The molecule has 144 valence electrons. The van der Waals surface area contributed by atoms with E-state index in [9.17, 15) is 4.79 Å². The zero-order valence-electron chi connectivity index (χ0n) is 16.6. The molecule has 0 spiro atoms. The minimum absolute atomic E-state index is 0.0514. The van der Waals surface area contributed by atoms with Gasteiger partial charge in [-0.05, 0) is 93.3 Å². The Bertz CT molecular complexity index is 823. The van der Waals surface area contributed by atoms with Gasteiger partial charge < -0.3 is 10.1 Å². The summed E-state index contributed by atoms with van der Waals surface area (Å²) in [6.07, 6.45) is 4.25. The van der Waals surface area contributed by atoms with Crippen LogP contribution < -0.4 is 10.1 Å². The maximum absolute atomic E-state index is 12.6.